The number of carbonyl (C=O) groups excluding carboxylic acids is 1. The van der Waals surface area contributed by atoms with Crippen molar-refractivity contribution in [2.24, 2.45) is 5.41 Å². The molecule has 0 saturated carbocycles. The number of para-hydroxylation sites is 1. The number of rotatable bonds is 3. The molecule has 1 aromatic heterocycles. The molecule has 1 atom stereocenters. The molecular weight excluding hydrogens is 344 g/mol. The average Bonchev–Trinajstić information content (AvgIpc) is 3.26. The summed E-state index contributed by atoms with van der Waals surface area (Å²) >= 11 is 0. The van der Waals surface area contributed by atoms with Gasteiger partial charge in [-0.1, -0.05) is 30.3 Å². The lowest BCUT2D eigenvalue weighted by Gasteiger charge is -2.36. The molecule has 1 N–H and O–H groups in total. The van der Waals surface area contributed by atoms with E-state index in [9.17, 15) is 4.79 Å². The largest absolute Gasteiger partial charge is 0.381 e. The summed E-state index contributed by atoms with van der Waals surface area (Å²) in [6, 6.07) is 7.87. The third-order valence-corrected chi connectivity index (χ3v) is 5.90. The molecule has 27 heavy (non-hydrogen) atoms. The van der Waals surface area contributed by atoms with Crippen LogP contribution < -0.4 is 5.32 Å². The van der Waals surface area contributed by atoms with E-state index in [0.717, 1.165) is 30.5 Å². The smallest absolute Gasteiger partial charge is 0.321 e. The lowest BCUT2D eigenvalue weighted by Crippen LogP contribution is -2.38. The van der Waals surface area contributed by atoms with Gasteiger partial charge in [0.15, 0.2) is 5.82 Å². The molecule has 4 rings (SSSR count). The lowest BCUT2D eigenvalue weighted by atomic mass is 9.72. The highest BCUT2D eigenvalue weighted by atomic mass is 16.5. The summed E-state index contributed by atoms with van der Waals surface area (Å²) in [6.07, 6.45) is 2.67. The van der Waals surface area contributed by atoms with E-state index in [1.807, 2.05) is 36.1 Å². The van der Waals surface area contributed by atoms with E-state index in [1.165, 1.54) is 0 Å². The molecule has 7 heteroatoms. The summed E-state index contributed by atoms with van der Waals surface area (Å²) in [5, 5.41) is 7.05. The van der Waals surface area contributed by atoms with E-state index in [1.54, 1.807) is 0 Å². The number of amides is 2. The van der Waals surface area contributed by atoms with E-state index in [4.69, 9.17) is 9.26 Å². The molecule has 2 aliphatic heterocycles. The molecule has 0 bridgehead atoms. The summed E-state index contributed by atoms with van der Waals surface area (Å²) in [7, 11) is 0. The number of ether oxygens (including phenoxy) is 1. The minimum absolute atomic E-state index is 0.0507. The molecule has 2 saturated heterocycles. The second-order valence-corrected chi connectivity index (χ2v) is 7.53. The molecule has 0 radical (unpaired) electrons. The minimum atomic E-state index is -0.0690. The maximum absolute atomic E-state index is 13.0. The molecule has 1 aromatic carbocycles. The van der Waals surface area contributed by atoms with Crippen LogP contribution in [0.1, 0.15) is 43.0 Å². The standard InChI is InChI=1S/C20H26N4O3/c1-3-15-6-4-5-7-17(15)22-19(25)24-12-16(18-21-14(2)23-27-18)20(13-24)8-10-26-11-9-20/h4-7,16H,3,8-13H2,1-2H3,(H,22,25). The normalized spacial score (nSPS) is 21.6. The number of urea groups is 1. The maximum Gasteiger partial charge on any atom is 0.321 e. The van der Waals surface area contributed by atoms with Crippen molar-refractivity contribution < 1.29 is 14.1 Å². The zero-order chi connectivity index (χ0) is 18.9. The number of anilines is 1. The highest BCUT2D eigenvalue weighted by Gasteiger charge is 2.51. The Morgan fingerprint density at radius 3 is 2.81 bits per heavy atom. The van der Waals surface area contributed by atoms with Crippen molar-refractivity contribution in [2.75, 3.05) is 31.6 Å². The molecule has 1 spiro atoms. The number of likely N-dealkylation sites (tertiary alicyclic amines) is 1. The Morgan fingerprint density at radius 2 is 2.11 bits per heavy atom. The second-order valence-electron chi connectivity index (χ2n) is 7.53. The van der Waals surface area contributed by atoms with Crippen LogP contribution in [0.4, 0.5) is 10.5 Å². The van der Waals surface area contributed by atoms with E-state index in [-0.39, 0.29) is 17.4 Å². The number of nitrogens with one attached hydrogen (secondary N) is 1. The summed E-state index contributed by atoms with van der Waals surface area (Å²) in [5.41, 5.74) is 1.96. The quantitative estimate of drug-likeness (QED) is 0.896. The van der Waals surface area contributed by atoms with E-state index in [2.05, 4.69) is 22.4 Å². The van der Waals surface area contributed by atoms with Gasteiger partial charge in [0.1, 0.15) is 0 Å². The molecule has 2 aromatic rings. The van der Waals surface area contributed by atoms with Crippen molar-refractivity contribution in [2.45, 2.75) is 39.0 Å². The molecule has 1 unspecified atom stereocenters. The van der Waals surface area contributed by atoms with Crippen LogP contribution in [0.3, 0.4) is 0 Å². The lowest BCUT2D eigenvalue weighted by molar-refractivity contribution is 0.00959. The first-order valence-electron chi connectivity index (χ1n) is 9.63. The summed E-state index contributed by atoms with van der Waals surface area (Å²) < 4.78 is 11.1. The average molecular weight is 370 g/mol. The number of aromatic nitrogens is 2. The van der Waals surface area contributed by atoms with Crippen LogP contribution in [0.25, 0.3) is 0 Å². The highest BCUT2D eigenvalue weighted by Crippen LogP contribution is 2.49. The zero-order valence-corrected chi connectivity index (χ0v) is 15.9. The van der Waals surface area contributed by atoms with Gasteiger partial charge in [-0.3, -0.25) is 0 Å². The van der Waals surface area contributed by atoms with Crippen molar-refractivity contribution in [3.63, 3.8) is 0 Å². The fourth-order valence-electron chi connectivity index (χ4n) is 4.35. The Morgan fingerprint density at radius 1 is 1.33 bits per heavy atom. The van der Waals surface area contributed by atoms with Gasteiger partial charge in [0.05, 0.1) is 5.92 Å². The molecule has 144 valence electrons. The van der Waals surface area contributed by atoms with E-state index < -0.39 is 0 Å². The van der Waals surface area contributed by atoms with Gasteiger partial charge < -0.3 is 19.5 Å². The Hall–Kier alpha value is -2.41. The molecule has 2 aliphatic rings. The Labute approximate surface area is 159 Å². The van der Waals surface area contributed by atoms with Gasteiger partial charge >= 0.3 is 6.03 Å². The number of hydrogen-bond donors (Lipinski definition) is 1. The van der Waals surface area contributed by atoms with Crippen LogP contribution in [0, 0.1) is 12.3 Å². The van der Waals surface area contributed by atoms with Crippen LogP contribution in [-0.2, 0) is 11.2 Å². The van der Waals surface area contributed by atoms with Gasteiger partial charge in [0.2, 0.25) is 5.89 Å². The first-order chi connectivity index (χ1) is 13.1. The number of hydrogen-bond acceptors (Lipinski definition) is 5. The third kappa shape index (κ3) is 3.43. The van der Waals surface area contributed by atoms with Gasteiger partial charge in [-0.05, 0) is 37.8 Å². The fraction of sp³-hybridized carbons (Fsp3) is 0.550. The second kappa shape index (κ2) is 7.31. The SMILES string of the molecule is CCc1ccccc1NC(=O)N1CC(c2nc(C)no2)C2(CCOCC2)C1. The zero-order valence-electron chi connectivity index (χ0n) is 15.9. The monoisotopic (exact) mass is 370 g/mol. The van der Waals surface area contributed by atoms with Crippen molar-refractivity contribution in [3.8, 4) is 0 Å². The van der Waals surface area contributed by atoms with Crippen molar-refractivity contribution in [1.29, 1.82) is 0 Å². The van der Waals surface area contributed by atoms with E-state index in [0.29, 0.717) is 38.0 Å². The molecule has 7 nitrogen and oxygen atoms in total. The Kier molecular flexibility index (Phi) is 4.86. The molecule has 3 heterocycles. The van der Waals surface area contributed by atoms with Gasteiger partial charge in [-0.25, -0.2) is 4.79 Å². The van der Waals surface area contributed by atoms with Crippen LogP contribution in [0.2, 0.25) is 0 Å². The van der Waals surface area contributed by atoms with Crippen LogP contribution in [0.15, 0.2) is 28.8 Å². The Bertz CT molecular complexity index is 813. The van der Waals surface area contributed by atoms with Gasteiger partial charge in [0.25, 0.3) is 0 Å². The van der Waals surface area contributed by atoms with Crippen LogP contribution >= 0.6 is 0 Å². The summed E-state index contributed by atoms with van der Waals surface area (Å²) in [4.78, 5) is 19.4. The van der Waals surface area contributed by atoms with Crippen molar-refractivity contribution >= 4 is 11.7 Å². The van der Waals surface area contributed by atoms with Gasteiger partial charge in [0, 0.05) is 37.4 Å². The topological polar surface area (TPSA) is 80.5 Å². The first kappa shape index (κ1) is 18.0. The predicted molar refractivity (Wildman–Crippen MR) is 101 cm³/mol. The summed E-state index contributed by atoms with van der Waals surface area (Å²) in [6.45, 7) is 6.59. The maximum atomic E-state index is 13.0. The molecule has 2 fully saturated rings. The molecule has 2 amide bonds. The molecular formula is C20H26N4O3. The third-order valence-electron chi connectivity index (χ3n) is 5.90. The van der Waals surface area contributed by atoms with Gasteiger partial charge in [-0.15, -0.1) is 0 Å². The predicted octanol–water partition coefficient (Wildman–Crippen LogP) is 3.37. The minimum Gasteiger partial charge on any atom is -0.381 e. The number of aryl methyl sites for hydroxylation is 2. The number of benzene rings is 1. The fourth-order valence-corrected chi connectivity index (χ4v) is 4.35. The number of nitrogens with zero attached hydrogens (tertiary/aromatic N) is 3. The van der Waals surface area contributed by atoms with Crippen molar-refractivity contribution in [3.05, 3.63) is 41.5 Å². The van der Waals surface area contributed by atoms with Gasteiger partial charge in [-0.2, -0.15) is 4.98 Å². The van der Waals surface area contributed by atoms with Crippen molar-refractivity contribution in [1.82, 2.24) is 15.0 Å². The van der Waals surface area contributed by atoms with Crippen LogP contribution in [-0.4, -0.2) is 47.4 Å². The summed E-state index contributed by atoms with van der Waals surface area (Å²) in [5.74, 6) is 1.32. The number of carbonyl (C=O) groups is 1. The highest BCUT2D eigenvalue weighted by molar-refractivity contribution is 5.90. The van der Waals surface area contributed by atoms with Crippen LogP contribution in [0.5, 0.6) is 0 Å². The van der Waals surface area contributed by atoms with E-state index >= 15 is 0 Å². The first-order valence-corrected chi connectivity index (χ1v) is 9.63. The Balaban J connectivity index is 1.56. The molecule has 0 aliphatic carbocycles.